The summed E-state index contributed by atoms with van der Waals surface area (Å²) in [5.41, 5.74) is 1.00. The van der Waals surface area contributed by atoms with Gasteiger partial charge in [0.1, 0.15) is 5.82 Å². The fourth-order valence-electron chi connectivity index (χ4n) is 2.07. The molecule has 19 heavy (non-hydrogen) atoms. The number of benzene rings is 1. The van der Waals surface area contributed by atoms with Crippen LogP contribution in [0.15, 0.2) is 24.3 Å². The van der Waals surface area contributed by atoms with Gasteiger partial charge in [-0.25, -0.2) is 4.39 Å². The molecule has 1 aliphatic heterocycles. The van der Waals surface area contributed by atoms with E-state index in [0.29, 0.717) is 17.8 Å². The molecule has 1 heterocycles. The number of nitrogens with one attached hydrogen (secondary N) is 2. The first-order valence-electron chi connectivity index (χ1n) is 6.62. The van der Waals surface area contributed by atoms with Crippen LogP contribution in [0.5, 0.6) is 0 Å². The molecule has 5 heteroatoms. The molecule has 0 bridgehead atoms. The zero-order valence-corrected chi connectivity index (χ0v) is 11.6. The average molecular weight is 282 g/mol. The monoisotopic (exact) mass is 282 g/mol. The molecule has 1 fully saturated rings. The van der Waals surface area contributed by atoms with Gasteiger partial charge < -0.3 is 15.4 Å². The van der Waals surface area contributed by atoms with Crippen LogP contribution in [-0.4, -0.2) is 24.4 Å². The number of hydrogen-bond acceptors (Lipinski definition) is 2. The molecule has 1 aliphatic rings. The largest absolute Gasteiger partial charge is 0.378 e. The van der Waals surface area contributed by atoms with Gasteiger partial charge in [0.05, 0.1) is 6.10 Å². The molecule has 1 aromatic carbocycles. The van der Waals surface area contributed by atoms with Gasteiger partial charge in [-0.2, -0.15) is 0 Å². The third-order valence-electron chi connectivity index (χ3n) is 3.14. The number of ether oxygens (including phenoxy) is 1. The van der Waals surface area contributed by atoms with Gasteiger partial charge >= 0.3 is 0 Å². The Balaban J connectivity index is 1.60. The molecule has 2 N–H and O–H groups in total. The highest BCUT2D eigenvalue weighted by Crippen LogP contribution is 2.14. The van der Waals surface area contributed by atoms with Crippen LogP contribution in [0.2, 0.25) is 0 Å². The number of halogens is 1. The van der Waals surface area contributed by atoms with Gasteiger partial charge in [0.15, 0.2) is 5.11 Å². The van der Waals surface area contributed by atoms with Crippen LogP contribution in [0.3, 0.4) is 0 Å². The maximum Gasteiger partial charge on any atom is 0.166 e. The van der Waals surface area contributed by atoms with E-state index in [1.807, 2.05) is 0 Å². The van der Waals surface area contributed by atoms with E-state index in [4.69, 9.17) is 17.0 Å². The Morgan fingerprint density at radius 2 is 2.11 bits per heavy atom. The second-order valence-corrected chi connectivity index (χ2v) is 5.07. The Kier molecular flexibility index (Phi) is 5.54. The summed E-state index contributed by atoms with van der Waals surface area (Å²) in [5, 5.41) is 6.89. The number of hydrogen-bond donors (Lipinski definition) is 2. The minimum Gasteiger partial charge on any atom is -0.378 e. The molecule has 0 amide bonds. The second-order valence-electron chi connectivity index (χ2n) is 4.66. The van der Waals surface area contributed by atoms with E-state index in [0.717, 1.165) is 38.0 Å². The molecule has 0 aromatic heterocycles. The van der Waals surface area contributed by atoms with Crippen molar-refractivity contribution in [2.45, 2.75) is 31.9 Å². The van der Waals surface area contributed by atoms with Crippen molar-refractivity contribution in [3.05, 3.63) is 35.6 Å². The van der Waals surface area contributed by atoms with Crippen LogP contribution < -0.4 is 10.6 Å². The van der Waals surface area contributed by atoms with Crippen LogP contribution in [0.25, 0.3) is 0 Å². The van der Waals surface area contributed by atoms with Crippen molar-refractivity contribution in [3.63, 3.8) is 0 Å². The SMILES string of the molecule is Fc1ccc(CNC(=S)NCCC2CCCO2)cc1. The van der Waals surface area contributed by atoms with Crippen LogP contribution in [0.1, 0.15) is 24.8 Å². The van der Waals surface area contributed by atoms with Gasteiger partial charge in [-0.05, 0) is 49.2 Å². The van der Waals surface area contributed by atoms with Gasteiger partial charge in [-0.15, -0.1) is 0 Å². The molecule has 3 nitrogen and oxygen atoms in total. The van der Waals surface area contributed by atoms with Crippen molar-refractivity contribution < 1.29 is 9.13 Å². The van der Waals surface area contributed by atoms with Gasteiger partial charge in [0.2, 0.25) is 0 Å². The number of thiocarbonyl (C=S) groups is 1. The first kappa shape index (κ1) is 14.2. The summed E-state index contributed by atoms with van der Waals surface area (Å²) >= 11 is 5.18. The highest BCUT2D eigenvalue weighted by molar-refractivity contribution is 7.80. The molecule has 1 saturated heterocycles. The molecule has 0 spiro atoms. The maximum absolute atomic E-state index is 12.7. The van der Waals surface area contributed by atoms with Crippen molar-refractivity contribution in [3.8, 4) is 0 Å². The molecule has 0 aliphatic carbocycles. The van der Waals surface area contributed by atoms with E-state index >= 15 is 0 Å². The Morgan fingerprint density at radius 1 is 1.32 bits per heavy atom. The zero-order valence-electron chi connectivity index (χ0n) is 10.8. The fourth-order valence-corrected chi connectivity index (χ4v) is 2.24. The van der Waals surface area contributed by atoms with Crippen LogP contribution in [0, 0.1) is 5.82 Å². The summed E-state index contributed by atoms with van der Waals surface area (Å²) in [6, 6.07) is 6.39. The predicted molar refractivity (Wildman–Crippen MR) is 77.4 cm³/mol. The van der Waals surface area contributed by atoms with Gasteiger partial charge in [-0.3, -0.25) is 0 Å². The molecule has 0 radical (unpaired) electrons. The molecule has 1 aromatic rings. The Bertz CT molecular complexity index is 404. The zero-order chi connectivity index (χ0) is 13.5. The van der Waals surface area contributed by atoms with Crippen molar-refractivity contribution >= 4 is 17.3 Å². The maximum atomic E-state index is 12.7. The summed E-state index contributed by atoms with van der Waals surface area (Å²) in [6.07, 6.45) is 3.68. The standard InChI is InChI=1S/C14H19FN2OS/c15-12-5-3-11(4-6-12)10-17-14(19)16-8-7-13-2-1-9-18-13/h3-6,13H,1-2,7-10H2,(H2,16,17,19). The van der Waals surface area contributed by atoms with E-state index in [9.17, 15) is 4.39 Å². The van der Waals surface area contributed by atoms with E-state index in [-0.39, 0.29) is 5.82 Å². The van der Waals surface area contributed by atoms with Crippen molar-refractivity contribution in [2.75, 3.05) is 13.2 Å². The minimum absolute atomic E-state index is 0.221. The van der Waals surface area contributed by atoms with E-state index in [2.05, 4.69) is 10.6 Å². The van der Waals surface area contributed by atoms with Gasteiger partial charge in [0, 0.05) is 19.7 Å². The topological polar surface area (TPSA) is 33.3 Å². The lowest BCUT2D eigenvalue weighted by molar-refractivity contribution is 0.105. The predicted octanol–water partition coefficient (Wildman–Crippen LogP) is 2.36. The summed E-state index contributed by atoms with van der Waals surface area (Å²) in [4.78, 5) is 0. The van der Waals surface area contributed by atoms with Crippen LogP contribution in [0.4, 0.5) is 4.39 Å². The second kappa shape index (κ2) is 7.40. The van der Waals surface area contributed by atoms with Gasteiger partial charge in [-0.1, -0.05) is 12.1 Å². The summed E-state index contributed by atoms with van der Waals surface area (Å²) in [5.74, 6) is -0.221. The van der Waals surface area contributed by atoms with Crippen molar-refractivity contribution in [1.82, 2.24) is 10.6 Å². The fraction of sp³-hybridized carbons (Fsp3) is 0.500. The highest BCUT2D eigenvalue weighted by atomic mass is 32.1. The van der Waals surface area contributed by atoms with E-state index in [1.54, 1.807) is 12.1 Å². The first-order chi connectivity index (χ1) is 9.24. The van der Waals surface area contributed by atoms with E-state index < -0.39 is 0 Å². The molecule has 0 saturated carbocycles. The quantitative estimate of drug-likeness (QED) is 0.812. The molecule has 1 unspecified atom stereocenters. The summed E-state index contributed by atoms with van der Waals surface area (Å²) in [6.45, 7) is 2.31. The normalized spacial score (nSPS) is 18.3. The lowest BCUT2D eigenvalue weighted by Crippen LogP contribution is -2.36. The summed E-state index contributed by atoms with van der Waals surface area (Å²) in [7, 11) is 0. The minimum atomic E-state index is -0.221. The Hall–Kier alpha value is -1.20. The van der Waals surface area contributed by atoms with Crippen molar-refractivity contribution in [1.29, 1.82) is 0 Å². The van der Waals surface area contributed by atoms with Gasteiger partial charge in [0.25, 0.3) is 0 Å². The van der Waals surface area contributed by atoms with Crippen molar-refractivity contribution in [2.24, 2.45) is 0 Å². The molecule has 2 rings (SSSR count). The van der Waals surface area contributed by atoms with Crippen LogP contribution >= 0.6 is 12.2 Å². The molecule has 1 atom stereocenters. The number of rotatable bonds is 5. The molecular formula is C14H19FN2OS. The smallest absolute Gasteiger partial charge is 0.166 e. The Morgan fingerprint density at radius 3 is 2.79 bits per heavy atom. The first-order valence-corrected chi connectivity index (χ1v) is 7.02. The third-order valence-corrected chi connectivity index (χ3v) is 3.43. The summed E-state index contributed by atoms with van der Waals surface area (Å²) < 4.78 is 18.3. The third kappa shape index (κ3) is 5.12. The Labute approximate surface area is 118 Å². The van der Waals surface area contributed by atoms with E-state index in [1.165, 1.54) is 12.1 Å². The lowest BCUT2D eigenvalue weighted by atomic mass is 10.2. The molecule has 104 valence electrons. The average Bonchev–Trinajstić information content (AvgIpc) is 2.91. The highest BCUT2D eigenvalue weighted by Gasteiger charge is 2.14. The van der Waals surface area contributed by atoms with Crippen LogP contribution in [-0.2, 0) is 11.3 Å². The lowest BCUT2D eigenvalue weighted by Gasteiger charge is -2.13. The molecular weight excluding hydrogens is 263 g/mol.